The zero-order chi connectivity index (χ0) is 37.0. The summed E-state index contributed by atoms with van der Waals surface area (Å²) in [6, 6.07) is 18.9. The Bertz CT molecular complexity index is 1850. The van der Waals surface area contributed by atoms with Crippen LogP contribution < -0.4 is 15.4 Å². The van der Waals surface area contributed by atoms with Crippen molar-refractivity contribution in [1.82, 2.24) is 20.4 Å². The van der Waals surface area contributed by atoms with Gasteiger partial charge in [-0.3, -0.25) is 19.4 Å². The third-order valence-corrected chi connectivity index (χ3v) is 9.90. The van der Waals surface area contributed by atoms with Gasteiger partial charge >= 0.3 is 6.18 Å². The molecular weight excluding hydrogens is 677 g/mol. The van der Waals surface area contributed by atoms with Gasteiger partial charge in [-0.25, -0.2) is 0 Å². The van der Waals surface area contributed by atoms with Crippen LogP contribution in [0, 0.1) is 19.8 Å². The van der Waals surface area contributed by atoms with Crippen LogP contribution >= 0.6 is 0 Å². The van der Waals surface area contributed by atoms with Crippen LogP contribution in [0.2, 0.25) is 0 Å². The largest absolute Gasteiger partial charge is 0.490 e. The number of aliphatic hydroxyl groups excluding tert-OH is 2. The highest BCUT2D eigenvalue weighted by molar-refractivity contribution is 5.84. The molecule has 3 aromatic carbocycles. The maximum absolute atomic E-state index is 13.9. The number of ether oxygens (including phenoxy) is 1. The number of carbonyl (C=O) groups excluding carboxylic acids is 2. The van der Waals surface area contributed by atoms with E-state index in [0.29, 0.717) is 37.4 Å². The number of halogens is 3. The van der Waals surface area contributed by atoms with Gasteiger partial charge in [0.15, 0.2) is 0 Å². The fourth-order valence-corrected chi connectivity index (χ4v) is 7.30. The van der Waals surface area contributed by atoms with Crippen molar-refractivity contribution in [2.24, 2.45) is 5.92 Å². The lowest BCUT2D eigenvalue weighted by Crippen LogP contribution is -2.60. The van der Waals surface area contributed by atoms with Gasteiger partial charge in [0, 0.05) is 49.6 Å². The lowest BCUT2D eigenvalue weighted by molar-refractivity contribution is -0.143. The average Bonchev–Trinajstić information content (AvgIpc) is 3.49. The van der Waals surface area contributed by atoms with Crippen LogP contribution in [0.25, 0.3) is 11.0 Å². The summed E-state index contributed by atoms with van der Waals surface area (Å²) in [5, 5.41) is 28.3. The van der Waals surface area contributed by atoms with E-state index >= 15 is 0 Å². The minimum absolute atomic E-state index is 0.00882. The van der Waals surface area contributed by atoms with E-state index in [1.165, 1.54) is 0 Å². The number of para-hydroxylation sites is 1. The third-order valence-electron chi connectivity index (χ3n) is 9.90. The van der Waals surface area contributed by atoms with Gasteiger partial charge in [-0.15, -0.1) is 0 Å². The predicted octanol–water partition coefficient (Wildman–Crippen LogP) is 4.44. The first-order chi connectivity index (χ1) is 24.8. The zero-order valence-corrected chi connectivity index (χ0v) is 29.2. The average molecular weight is 723 g/mol. The fraction of sp³-hybridized carbons (Fsp3) is 0.436. The molecule has 10 nitrogen and oxygen atoms in total. The summed E-state index contributed by atoms with van der Waals surface area (Å²) in [5.41, 5.74) is 5.28. The zero-order valence-electron chi connectivity index (χ0n) is 29.2. The van der Waals surface area contributed by atoms with Crippen molar-refractivity contribution in [3.8, 4) is 5.75 Å². The number of piperazine rings is 1. The van der Waals surface area contributed by atoms with Gasteiger partial charge < -0.3 is 30.0 Å². The van der Waals surface area contributed by atoms with Crippen LogP contribution in [0.1, 0.15) is 40.3 Å². The molecule has 0 bridgehead atoms. The number of β-amino-alcohol motifs (C(OH)–C–C–N with tert-alkyl or cyclic N) is 1. The van der Waals surface area contributed by atoms with Gasteiger partial charge in [-0.2, -0.15) is 13.2 Å². The number of benzene rings is 3. The smallest absolute Gasteiger partial charge is 0.405 e. The number of nitrogens with one attached hydrogen (secondary N) is 2. The van der Waals surface area contributed by atoms with E-state index < -0.39 is 48.8 Å². The molecule has 1 aromatic heterocycles. The van der Waals surface area contributed by atoms with Crippen molar-refractivity contribution < 1.29 is 42.1 Å². The molecule has 0 aliphatic carbocycles. The Morgan fingerprint density at radius 1 is 1.00 bits per heavy atom. The molecule has 4 aromatic rings. The number of furan rings is 1. The second-order valence-corrected chi connectivity index (χ2v) is 14.0. The molecule has 1 saturated heterocycles. The summed E-state index contributed by atoms with van der Waals surface area (Å²) in [4.78, 5) is 31.0. The molecule has 1 fully saturated rings. The third kappa shape index (κ3) is 9.13. The number of carbonyl (C=O) groups is 2. The normalized spacial score (nSPS) is 20.9. The maximum Gasteiger partial charge on any atom is 0.405 e. The highest BCUT2D eigenvalue weighted by atomic mass is 19.4. The molecule has 2 aliphatic rings. The van der Waals surface area contributed by atoms with Crippen molar-refractivity contribution in [3.05, 3.63) is 101 Å². The number of nitrogens with zero attached hydrogens (tertiary/aromatic N) is 2. The molecule has 0 spiro atoms. The highest BCUT2D eigenvalue weighted by Crippen LogP contribution is 2.33. The van der Waals surface area contributed by atoms with Crippen LogP contribution in [-0.2, 0) is 22.6 Å². The Morgan fingerprint density at radius 2 is 1.75 bits per heavy atom. The van der Waals surface area contributed by atoms with E-state index in [0.717, 1.165) is 33.2 Å². The van der Waals surface area contributed by atoms with Crippen LogP contribution in [-0.4, -0.2) is 95.6 Å². The number of aliphatic hydroxyl groups is 2. The summed E-state index contributed by atoms with van der Waals surface area (Å²) < 4.78 is 50.8. The lowest BCUT2D eigenvalue weighted by atomic mass is 9.90. The van der Waals surface area contributed by atoms with E-state index in [2.05, 4.69) is 5.32 Å². The summed E-state index contributed by atoms with van der Waals surface area (Å²) in [6.07, 6.45) is -4.64. The molecule has 0 radical (unpaired) electrons. The Kier molecular flexibility index (Phi) is 11.5. The SMILES string of the molecule is Cc1coc2c(C)cc(CN3CCN(C[C@@H](O)C[C@@H](Cc4ccccc4)C(=O)N[C@H]4c5ccccc5OC[C@H]4O)[C@H](C(=O)NCC(F)(F)F)C3)cc12. The quantitative estimate of drug-likeness (QED) is 0.169. The molecule has 2 aliphatic heterocycles. The molecule has 278 valence electrons. The van der Waals surface area contributed by atoms with Crippen LogP contribution in [0.15, 0.2) is 77.4 Å². The van der Waals surface area contributed by atoms with Gasteiger partial charge in [0.1, 0.15) is 36.6 Å². The van der Waals surface area contributed by atoms with E-state index in [4.69, 9.17) is 9.15 Å². The molecule has 5 atom stereocenters. The van der Waals surface area contributed by atoms with E-state index in [1.807, 2.05) is 72.6 Å². The summed E-state index contributed by atoms with van der Waals surface area (Å²) >= 11 is 0. The number of aryl methyl sites for hydroxylation is 2. The number of alkyl halides is 3. The van der Waals surface area contributed by atoms with Crippen molar-refractivity contribution in [2.75, 3.05) is 39.3 Å². The van der Waals surface area contributed by atoms with Crippen molar-refractivity contribution >= 4 is 22.8 Å². The molecule has 0 unspecified atom stereocenters. The first kappa shape index (κ1) is 37.3. The van der Waals surface area contributed by atoms with Crippen LogP contribution in [0.5, 0.6) is 5.75 Å². The molecule has 0 saturated carbocycles. The molecular formula is C39H45F3N4O6. The Morgan fingerprint density at radius 3 is 2.52 bits per heavy atom. The molecule has 6 rings (SSSR count). The number of hydrogen-bond acceptors (Lipinski definition) is 8. The highest BCUT2D eigenvalue weighted by Gasteiger charge is 2.38. The lowest BCUT2D eigenvalue weighted by Gasteiger charge is -2.41. The van der Waals surface area contributed by atoms with Gasteiger partial charge in [0.25, 0.3) is 0 Å². The van der Waals surface area contributed by atoms with E-state index in [-0.39, 0.29) is 32.0 Å². The van der Waals surface area contributed by atoms with E-state index in [1.54, 1.807) is 29.4 Å². The summed E-state index contributed by atoms with van der Waals surface area (Å²) in [5.74, 6) is -1.30. The molecule has 2 amide bonds. The predicted molar refractivity (Wildman–Crippen MR) is 188 cm³/mol. The molecule has 3 heterocycles. The maximum atomic E-state index is 13.9. The number of fused-ring (bicyclic) bond motifs is 2. The molecule has 4 N–H and O–H groups in total. The summed E-state index contributed by atoms with van der Waals surface area (Å²) in [6.45, 7) is 3.87. The number of amides is 2. The van der Waals surface area contributed by atoms with Crippen LogP contribution in [0.4, 0.5) is 13.2 Å². The minimum atomic E-state index is -4.58. The minimum Gasteiger partial charge on any atom is -0.490 e. The van der Waals surface area contributed by atoms with Crippen molar-refractivity contribution in [3.63, 3.8) is 0 Å². The van der Waals surface area contributed by atoms with Crippen molar-refractivity contribution in [1.29, 1.82) is 0 Å². The first-order valence-electron chi connectivity index (χ1n) is 17.5. The topological polar surface area (TPSA) is 128 Å². The Hall–Kier alpha value is -4.43. The fourth-order valence-electron chi connectivity index (χ4n) is 7.30. The van der Waals surface area contributed by atoms with Gasteiger partial charge in [0.2, 0.25) is 11.8 Å². The molecule has 13 heteroatoms. The number of hydrogen-bond donors (Lipinski definition) is 4. The Labute approximate surface area is 300 Å². The monoisotopic (exact) mass is 722 g/mol. The Balaban J connectivity index is 1.17. The van der Waals surface area contributed by atoms with Crippen molar-refractivity contribution in [2.45, 2.75) is 63.7 Å². The number of rotatable bonds is 12. The standard InChI is InChI=1S/C39H45F3N4O6/c1-24-14-27(16-31-25(2)21-52-36(24)31)18-45-12-13-46(32(20-45)38(50)43-23-39(40,41)42)19-29(47)17-28(15-26-8-4-3-5-9-26)37(49)44-35-30-10-6-7-11-34(30)51-22-33(35)48/h3-11,14,16,21,28-29,32-33,35,47-48H,12-13,15,17-20,22-23H2,1-2H3,(H,43,50)(H,44,49)/t28-,29+,32+,33-,35+/m1/s1. The second-order valence-electron chi connectivity index (χ2n) is 14.0. The van der Waals surface area contributed by atoms with Crippen LogP contribution in [0.3, 0.4) is 0 Å². The van der Waals surface area contributed by atoms with Gasteiger partial charge in [-0.05, 0) is 61.1 Å². The molecule has 52 heavy (non-hydrogen) atoms. The summed E-state index contributed by atoms with van der Waals surface area (Å²) in [7, 11) is 0. The second kappa shape index (κ2) is 16.1. The van der Waals surface area contributed by atoms with E-state index in [9.17, 15) is 33.0 Å². The van der Waals surface area contributed by atoms with Gasteiger partial charge in [-0.1, -0.05) is 54.6 Å². The first-order valence-corrected chi connectivity index (χ1v) is 17.5. The van der Waals surface area contributed by atoms with Gasteiger partial charge in [0.05, 0.1) is 18.4 Å².